The number of thioether (sulfide) groups is 1. The van der Waals surface area contributed by atoms with Gasteiger partial charge in [-0.25, -0.2) is 4.79 Å². The highest BCUT2D eigenvalue weighted by atomic mass is 32.2. The van der Waals surface area contributed by atoms with E-state index in [4.69, 9.17) is 0 Å². The number of carbonyl (C=O) groups is 2. The molecule has 0 radical (unpaired) electrons. The quantitative estimate of drug-likeness (QED) is 0.306. The van der Waals surface area contributed by atoms with Crippen LogP contribution in [0.3, 0.4) is 0 Å². The molecule has 3 N–H and O–H groups in total. The summed E-state index contributed by atoms with van der Waals surface area (Å²) in [5, 5.41) is 17.2. The van der Waals surface area contributed by atoms with Crippen LogP contribution in [0.4, 0.5) is 21.9 Å². The number of urea groups is 1. The van der Waals surface area contributed by atoms with E-state index in [-0.39, 0.29) is 17.7 Å². The monoisotopic (exact) mass is 472 g/mol. The first-order chi connectivity index (χ1) is 16.6. The molecule has 172 valence electrons. The van der Waals surface area contributed by atoms with Gasteiger partial charge in [0.1, 0.15) is 6.33 Å². The molecule has 0 atom stereocenters. The molecule has 3 aromatic carbocycles. The lowest BCUT2D eigenvalue weighted by Gasteiger charge is -2.11. The molecule has 9 heteroatoms. The van der Waals surface area contributed by atoms with Crippen molar-refractivity contribution >= 4 is 40.8 Å². The van der Waals surface area contributed by atoms with Gasteiger partial charge in [-0.1, -0.05) is 61.2 Å². The number of nitrogens with zero attached hydrogens (tertiary/aromatic N) is 3. The van der Waals surface area contributed by atoms with Crippen LogP contribution in [0.5, 0.6) is 0 Å². The van der Waals surface area contributed by atoms with Gasteiger partial charge in [0.2, 0.25) is 5.91 Å². The summed E-state index contributed by atoms with van der Waals surface area (Å²) in [6.45, 7) is 2.09. The van der Waals surface area contributed by atoms with Crippen LogP contribution in [0.15, 0.2) is 90.3 Å². The Morgan fingerprint density at radius 1 is 0.853 bits per heavy atom. The lowest BCUT2D eigenvalue weighted by molar-refractivity contribution is -0.113. The first-order valence-electron chi connectivity index (χ1n) is 10.8. The number of anilines is 3. The third-order valence-electron chi connectivity index (χ3n) is 4.92. The van der Waals surface area contributed by atoms with Crippen molar-refractivity contribution in [3.05, 3.63) is 90.8 Å². The van der Waals surface area contributed by atoms with Gasteiger partial charge in [-0.15, -0.1) is 10.2 Å². The molecule has 0 aliphatic rings. The summed E-state index contributed by atoms with van der Waals surface area (Å²) in [5.74, 6) is -0.0201. The average molecular weight is 473 g/mol. The second kappa shape index (κ2) is 11.2. The molecule has 0 fully saturated rings. The van der Waals surface area contributed by atoms with Crippen LogP contribution in [0.25, 0.3) is 5.69 Å². The summed E-state index contributed by atoms with van der Waals surface area (Å²) in [6, 6.07) is 23.8. The summed E-state index contributed by atoms with van der Waals surface area (Å²) >= 11 is 1.31. The average Bonchev–Trinajstić information content (AvgIpc) is 3.32. The van der Waals surface area contributed by atoms with Crippen LogP contribution in [0.2, 0.25) is 0 Å². The molecule has 0 spiro atoms. The van der Waals surface area contributed by atoms with Crippen molar-refractivity contribution in [3.8, 4) is 5.69 Å². The van der Waals surface area contributed by atoms with Crippen LogP contribution in [-0.2, 0) is 11.2 Å². The van der Waals surface area contributed by atoms with Gasteiger partial charge >= 0.3 is 6.03 Å². The lowest BCUT2D eigenvalue weighted by atomic mass is 10.1. The molecule has 0 aliphatic carbocycles. The smallest absolute Gasteiger partial charge is 0.323 e. The van der Waals surface area contributed by atoms with E-state index in [2.05, 4.69) is 39.1 Å². The van der Waals surface area contributed by atoms with Crippen LogP contribution in [0.1, 0.15) is 12.5 Å². The zero-order valence-electron chi connectivity index (χ0n) is 18.6. The maximum Gasteiger partial charge on any atom is 0.323 e. The van der Waals surface area contributed by atoms with E-state index in [9.17, 15) is 9.59 Å². The molecular weight excluding hydrogens is 448 g/mol. The molecule has 0 bridgehead atoms. The van der Waals surface area contributed by atoms with E-state index in [1.807, 2.05) is 41.0 Å². The number of nitrogens with one attached hydrogen (secondary N) is 3. The second-order valence-corrected chi connectivity index (χ2v) is 8.27. The number of aromatic nitrogens is 3. The molecule has 0 aliphatic heterocycles. The van der Waals surface area contributed by atoms with Gasteiger partial charge in [-0.05, 0) is 48.4 Å². The number of hydrogen-bond acceptors (Lipinski definition) is 5. The highest BCUT2D eigenvalue weighted by molar-refractivity contribution is 7.99. The summed E-state index contributed by atoms with van der Waals surface area (Å²) in [5.41, 5.74) is 4.02. The molecule has 0 saturated carbocycles. The minimum Gasteiger partial charge on any atom is -0.325 e. The molecule has 1 heterocycles. The number of carbonyl (C=O) groups excluding carboxylic acids is 2. The summed E-state index contributed by atoms with van der Waals surface area (Å²) < 4.78 is 1.90. The van der Waals surface area contributed by atoms with Crippen LogP contribution in [-0.4, -0.2) is 32.5 Å². The van der Waals surface area contributed by atoms with Crippen molar-refractivity contribution in [1.82, 2.24) is 14.8 Å². The summed E-state index contributed by atoms with van der Waals surface area (Å²) in [6.07, 6.45) is 2.54. The van der Waals surface area contributed by atoms with Crippen LogP contribution < -0.4 is 16.0 Å². The standard InChI is InChI=1S/C25H24N6O2S/c1-2-18-9-6-7-14-22(18)31-17-26-30-25(31)34-16-23(32)27-20-12-8-13-21(15-20)29-24(33)28-19-10-4-3-5-11-19/h3-15,17H,2,16H2,1H3,(H,27,32)(H2,28,29,33). The highest BCUT2D eigenvalue weighted by Gasteiger charge is 2.13. The van der Waals surface area contributed by atoms with E-state index in [0.29, 0.717) is 22.2 Å². The normalized spacial score (nSPS) is 10.5. The van der Waals surface area contributed by atoms with Gasteiger partial charge in [0.25, 0.3) is 0 Å². The minimum absolute atomic E-state index is 0.166. The van der Waals surface area contributed by atoms with Gasteiger partial charge in [-0.2, -0.15) is 0 Å². The first kappa shape index (κ1) is 23.1. The third-order valence-corrected chi connectivity index (χ3v) is 5.86. The maximum atomic E-state index is 12.6. The van der Waals surface area contributed by atoms with Crippen LogP contribution in [0, 0.1) is 0 Å². The van der Waals surface area contributed by atoms with Gasteiger partial charge in [0.05, 0.1) is 11.4 Å². The predicted octanol–water partition coefficient (Wildman–Crippen LogP) is 5.20. The summed E-state index contributed by atoms with van der Waals surface area (Å²) in [7, 11) is 0. The van der Waals surface area contributed by atoms with Gasteiger partial charge in [0, 0.05) is 17.1 Å². The second-order valence-electron chi connectivity index (χ2n) is 7.33. The number of benzene rings is 3. The molecule has 8 nitrogen and oxygen atoms in total. The van der Waals surface area contributed by atoms with Crippen molar-refractivity contribution in [2.75, 3.05) is 21.7 Å². The van der Waals surface area contributed by atoms with E-state index >= 15 is 0 Å². The Hall–Kier alpha value is -4.11. The molecular formula is C25H24N6O2S. The van der Waals surface area contributed by atoms with Gasteiger partial charge in [-0.3, -0.25) is 9.36 Å². The van der Waals surface area contributed by atoms with E-state index in [1.54, 1.807) is 42.7 Å². The summed E-state index contributed by atoms with van der Waals surface area (Å²) in [4.78, 5) is 24.8. The van der Waals surface area contributed by atoms with Crippen molar-refractivity contribution in [3.63, 3.8) is 0 Å². The zero-order chi connectivity index (χ0) is 23.8. The van der Waals surface area contributed by atoms with Gasteiger partial charge < -0.3 is 16.0 Å². The van der Waals surface area contributed by atoms with E-state index in [1.165, 1.54) is 17.3 Å². The fourth-order valence-corrected chi connectivity index (χ4v) is 4.07. The first-order valence-corrected chi connectivity index (χ1v) is 11.7. The zero-order valence-corrected chi connectivity index (χ0v) is 19.4. The Balaban J connectivity index is 1.34. The Labute approximate surface area is 201 Å². The number of para-hydroxylation sites is 2. The van der Waals surface area contributed by atoms with Crippen molar-refractivity contribution in [2.24, 2.45) is 0 Å². The molecule has 4 aromatic rings. The molecule has 3 amide bonds. The molecule has 34 heavy (non-hydrogen) atoms. The fraction of sp³-hybridized carbons (Fsp3) is 0.120. The fourth-order valence-electron chi connectivity index (χ4n) is 3.35. The number of aryl methyl sites for hydroxylation is 1. The topological polar surface area (TPSA) is 101 Å². The largest absolute Gasteiger partial charge is 0.325 e. The molecule has 1 aromatic heterocycles. The van der Waals surface area contributed by atoms with E-state index in [0.717, 1.165) is 12.1 Å². The Bertz CT molecular complexity index is 1280. The Morgan fingerprint density at radius 3 is 2.32 bits per heavy atom. The van der Waals surface area contributed by atoms with Crippen LogP contribution >= 0.6 is 11.8 Å². The molecule has 0 unspecified atom stereocenters. The Kier molecular flexibility index (Phi) is 7.56. The predicted molar refractivity (Wildman–Crippen MR) is 136 cm³/mol. The Morgan fingerprint density at radius 2 is 1.53 bits per heavy atom. The van der Waals surface area contributed by atoms with E-state index < -0.39 is 0 Å². The number of rotatable bonds is 8. The number of hydrogen-bond donors (Lipinski definition) is 3. The maximum absolute atomic E-state index is 12.6. The minimum atomic E-state index is -0.364. The molecule has 4 rings (SSSR count). The van der Waals surface area contributed by atoms with Crippen molar-refractivity contribution in [1.29, 1.82) is 0 Å². The van der Waals surface area contributed by atoms with Crippen molar-refractivity contribution in [2.45, 2.75) is 18.5 Å². The van der Waals surface area contributed by atoms with Gasteiger partial charge in [0.15, 0.2) is 5.16 Å². The lowest BCUT2D eigenvalue weighted by Crippen LogP contribution is -2.19. The highest BCUT2D eigenvalue weighted by Crippen LogP contribution is 2.23. The third kappa shape index (κ3) is 6.02. The molecule has 0 saturated heterocycles. The number of amides is 3. The SMILES string of the molecule is CCc1ccccc1-n1cnnc1SCC(=O)Nc1cccc(NC(=O)Nc2ccccc2)c1. The van der Waals surface area contributed by atoms with Crippen molar-refractivity contribution < 1.29 is 9.59 Å².